The van der Waals surface area contributed by atoms with Crippen molar-refractivity contribution in [2.75, 3.05) is 20.3 Å². The van der Waals surface area contributed by atoms with Gasteiger partial charge in [-0.25, -0.2) is 9.07 Å². The SMILES string of the molecule is COCCOCn1nc(-c2ccc(F)cc2)c2cc([N+](=O)[O-])ccc21. The monoisotopic (exact) mass is 345 g/mol. The number of ether oxygens (including phenoxy) is 2. The average Bonchev–Trinajstić information content (AvgIpc) is 2.97. The van der Waals surface area contributed by atoms with Gasteiger partial charge in [0.2, 0.25) is 0 Å². The summed E-state index contributed by atoms with van der Waals surface area (Å²) in [7, 11) is 1.58. The van der Waals surface area contributed by atoms with Crippen LogP contribution in [0, 0.1) is 15.9 Å². The standard InChI is InChI=1S/C17H16FN3O4/c1-24-8-9-25-11-20-16-7-6-14(21(22)23)10-15(16)17(19-20)12-2-4-13(18)5-3-12/h2-7,10H,8-9,11H2,1H3. The number of fused-ring (bicyclic) bond motifs is 1. The van der Waals surface area contributed by atoms with Gasteiger partial charge in [0.1, 0.15) is 18.2 Å². The maximum absolute atomic E-state index is 13.2. The van der Waals surface area contributed by atoms with Crippen molar-refractivity contribution in [3.63, 3.8) is 0 Å². The first kappa shape index (κ1) is 17.0. The molecule has 0 radical (unpaired) electrons. The van der Waals surface area contributed by atoms with Crippen LogP contribution in [0.5, 0.6) is 0 Å². The molecule has 0 bridgehead atoms. The van der Waals surface area contributed by atoms with E-state index in [0.29, 0.717) is 35.4 Å². The lowest BCUT2D eigenvalue weighted by Crippen LogP contribution is -2.08. The van der Waals surface area contributed by atoms with Crippen LogP contribution in [-0.4, -0.2) is 35.0 Å². The van der Waals surface area contributed by atoms with Crippen LogP contribution in [0.3, 0.4) is 0 Å². The second-order valence-corrected chi connectivity index (χ2v) is 5.34. The van der Waals surface area contributed by atoms with E-state index in [1.165, 1.54) is 24.3 Å². The Labute approximate surface area is 142 Å². The zero-order chi connectivity index (χ0) is 17.8. The van der Waals surface area contributed by atoms with Gasteiger partial charge in [-0.1, -0.05) is 0 Å². The Morgan fingerprint density at radius 1 is 1.20 bits per heavy atom. The summed E-state index contributed by atoms with van der Waals surface area (Å²) in [4.78, 5) is 10.6. The molecule has 0 spiro atoms. The zero-order valence-corrected chi connectivity index (χ0v) is 13.5. The third kappa shape index (κ3) is 3.65. The Kier molecular flexibility index (Phi) is 5.01. The molecule has 0 aliphatic heterocycles. The third-order valence-electron chi connectivity index (χ3n) is 3.71. The van der Waals surface area contributed by atoms with Gasteiger partial charge in [-0.2, -0.15) is 5.10 Å². The third-order valence-corrected chi connectivity index (χ3v) is 3.71. The molecule has 0 saturated heterocycles. The highest BCUT2D eigenvalue weighted by Crippen LogP contribution is 2.31. The van der Waals surface area contributed by atoms with Crippen molar-refractivity contribution in [3.8, 4) is 11.3 Å². The second kappa shape index (κ2) is 7.37. The zero-order valence-electron chi connectivity index (χ0n) is 13.5. The van der Waals surface area contributed by atoms with Gasteiger partial charge in [0.25, 0.3) is 5.69 Å². The van der Waals surface area contributed by atoms with Crippen molar-refractivity contribution in [2.24, 2.45) is 0 Å². The van der Waals surface area contributed by atoms with Gasteiger partial charge in [0.15, 0.2) is 0 Å². The van der Waals surface area contributed by atoms with E-state index in [2.05, 4.69) is 5.10 Å². The van der Waals surface area contributed by atoms with Crippen molar-refractivity contribution >= 4 is 16.6 Å². The van der Waals surface area contributed by atoms with Crippen LogP contribution in [0.1, 0.15) is 0 Å². The van der Waals surface area contributed by atoms with Gasteiger partial charge in [0, 0.05) is 30.2 Å². The van der Waals surface area contributed by atoms with Crippen molar-refractivity contribution < 1.29 is 18.8 Å². The highest BCUT2D eigenvalue weighted by atomic mass is 19.1. The highest BCUT2D eigenvalue weighted by Gasteiger charge is 2.16. The summed E-state index contributed by atoms with van der Waals surface area (Å²) in [5, 5.41) is 16.2. The molecule has 3 rings (SSSR count). The van der Waals surface area contributed by atoms with E-state index in [-0.39, 0.29) is 18.2 Å². The summed E-state index contributed by atoms with van der Waals surface area (Å²) in [6.45, 7) is 1.03. The van der Waals surface area contributed by atoms with Crippen molar-refractivity contribution in [1.29, 1.82) is 0 Å². The predicted octanol–water partition coefficient (Wildman–Crippen LogP) is 3.37. The average molecular weight is 345 g/mol. The fraction of sp³-hybridized carbons (Fsp3) is 0.235. The number of methoxy groups -OCH3 is 1. The molecular formula is C17H16FN3O4. The van der Waals surface area contributed by atoms with E-state index in [0.717, 1.165) is 0 Å². The van der Waals surface area contributed by atoms with E-state index in [1.807, 2.05) is 0 Å². The Bertz CT molecular complexity index is 893. The lowest BCUT2D eigenvalue weighted by atomic mass is 10.1. The van der Waals surface area contributed by atoms with E-state index in [1.54, 1.807) is 30.0 Å². The molecule has 130 valence electrons. The molecule has 2 aromatic carbocycles. The number of nitrogens with zero attached hydrogens (tertiary/aromatic N) is 3. The maximum Gasteiger partial charge on any atom is 0.270 e. The van der Waals surface area contributed by atoms with Crippen molar-refractivity contribution in [1.82, 2.24) is 9.78 Å². The highest BCUT2D eigenvalue weighted by molar-refractivity contribution is 5.94. The number of nitro benzene ring substituents is 1. The molecule has 0 fully saturated rings. The van der Waals surface area contributed by atoms with E-state index in [4.69, 9.17) is 9.47 Å². The molecule has 0 aliphatic rings. The molecule has 25 heavy (non-hydrogen) atoms. The minimum atomic E-state index is -0.458. The molecule has 1 heterocycles. The number of hydrogen-bond donors (Lipinski definition) is 0. The molecule has 8 heteroatoms. The second-order valence-electron chi connectivity index (χ2n) is 5.34. The minimum Gasteiger partial charge on any atom is -0.382 e. The van der Waals surface area contributed by atoms with Gasteiger partial charge in [-0.05, 0) is 30.3 Å². The number of rotatable bonds is 7. The first-order valence-electron chi connectivity index (χ1n) is 7.57. The molecular weight excluding hydrogens is 329 g/mol. The Morgan fingerprint density at radius 2 is 1.96 bits per heavy atom. The fourth-order valence-electron chi connectivity index (χ4n) is 2.49. The molecule has 0 aliphatic carbocycles. The van der Waals surface area contributed by atoms with Gasteiger partial charge in [-0.3, -0.25) is 10.1 Å². The van der Waals surface area contributed by atoms with E-state index >= 15 is 0 Å². The number of nitro groups is 1. The fourth-order valence-corrected chi connectivity index (χ4v) is 2.49. The van der Waals surface area contributed by atoms with Crippen LogP contribution >= 0.6 is 0 Å². The number of benzene rings is 2. The van der Waals surface area contributed by atoms with E-state index < -0.39 is 4.92 Å². The summed E-state index contributed by atoms with van der Waals surface area (Å²) in [6.07, 6.45) is 0. The Morgan fingerprint density at radius 3 is 2.64 bits per heavy atom. The van der Waals surface area contributed by atoms with Crippen LogP contribution in [-0.2, 0) is 16.2 Å². The van der Waals surface area contributed by atoms with Crippen LogP contribution < -0.4 is 0 Å². The molecule has 7 nitrogen and oxygen atoms in total. The molecule has 1 aromatic heterocycles. The minimum absolute atomic E-state index is 0.0317. The van der Waals surface area contributed by atoms with Crippen LogP contribution in [0.15, 0.2) is 42.5 Å². The predicted molar refractivity (Wildman–Crippen MR) is 89.6 cm³/mol. The van der Waals surface area contributed by atoms with Gasteiger partial charge >= 0.3 is 0 Å². The smallest absolute Gasteiger partial charge is 0.270 e. The quantitative estimate of drug-likeness (QED) is 0.373. The molecule has 3 aromatic rings. The van der Waals surface area contributed by atoms with Crippen molar-refractivity contribution in [2.45, 2.75) is 6.73 Å². The van der Waals surface area contributed by atoms with Crippen LogP contribution in [0.4, 0.5) is 10.1 Å². The summed E-state index contributed by atoms with van der Waals surface area (Å²) >= 11 is 0. The first-order valence-corrected chi connectivity index (χ1v) is 7.57. The van der Waals surface area contributed by atoms with Crippen LogP contribution in [0.25, 0.3) is 22.2 Å². The molecule has 0 amide bonds. The molecule has 0 saturated carbocycles. The number of non-ortho nitro benzene ring substituents is 1. The van der Waals surface area contributed by atoms with Crippen LogP contribution in [0.2, 0.25) is 0 Å². The lowest BCUT2D eigenvalue weighted by molar-refractivity contribution is -0.384. The summed E-state index contributed by atoms with van der Waals surface area (Å²) in [5.41, 5.74) is 1.87. The summed E-state index contributed by atoms with van der Waals surface area (Å²) in [6, 6.07) is 10.3. The topological polar surface area (TPSA) is 79.4 Å². The number of halogens is 1. The lowest BCUT2D eigenvalue weighted by Gasteiger charge is -2.04. The Hall–Kier alpha value is -2.84. The summed E-state index contributed by atoms with van der Waals surface area (Å²) in [5.74, 6) is -0.360. The maximum atomic E-state index is 13.2. The summed E-state index contributed by atoms with van der Waals surface area (Å²) < 4.78 is 25.2. The number of hydrogen-bond acceptors (Lipinski definition) is 5. The normalized spacial score (nSPS) is 11.1. The number of aromatic nitrogens is 2. The molecule has 0 N–H and O–H groups in total. The molecule has 0 atom stereocenters. The Balaban J connectivity index is 2.05. The van der Waals surface area contributed by atoms with Gasteiger partial charge < -0.3 is 9.47 Å². The van der Waals surface area contributed by atoms with Gasteiger partial charge in [0.05, 0.1) is 23.7 Å². The largest absolute Gasteiger partial charge is 0.382 e. The van der Waals surface area contributed by atoms with Crippen molar-refractivity contribution in [3.05, 3.63) is 58.4 Å². The van der Waals surface area contributed by atoms with E-state index in [9.17, 15) is 14.5 Å². The first-order chi connectivity index (χ1) is 12.1. The molecule has 0 unspecified atom stereocenters. The van der Waals surface area contributed by atoms with Gasteiger partial charge in [-0.15, -0.1) is 0 Å².